The lowest BCUT2D eigenvalue weighted by Crippen LogP contribution is -2.54. The number of thiazole rings is 1. The first kappa shape index (κ1) is 49.3. The summed E-state index contributed by atoms with van der Waals surface area (Å²) in [6.45, 7) is 0.718. The molecule has 1 saturated heterocycles. The first-order valence-corrected chi connectivity index (χ1v) is 24.2. The van der Waals surface area contributed by atoms with Crippen LogP contribution in [0.2, 0.25) is 0 Å². The maximum atomic E-state index is 13.5. The minimum Gasteiger partial charge on any atom is -0.483 e. The number of amides is 8. The molecule has 0 radical (unpaired) electrons. The van der Waals surface area contributed by atoms with Crippen molar-refractivity contribution in [2.75, 3.05) is 58.0 Å². The molecule has 8 amide bonds. The van der Waals surface area contributed by atoms with Gasteiger partial charge < -0.3 is 35.6 Å². The Labute approximate surface area is 399 Å². The first-order chi connectivity index (χ1) is 33.0. The van der Waals surface area contributed by atoms with E-state index in [1.165, 1.54) is 41.8 Å². The van der Waals surface area contributed by atoms with Gasteiger partial charge in [0.2, 0.25) is 21.8 Å². The molecule has 0 bridgehead atoms. The highest BCUT2D eigenvalue weighted by molar-refractivity contribution is 7.89. The standard InChI is InChI=1S/C46H47N9O12S2/c1-53(21-18-47-38(57)26-67-36-10-6-9-32-39(36)45(63)55(44(32)62)35-15-16-37(56)51-43(35)61)22-19-48-40(58)30-13-11-28(12-14-30)24-66-25-33(49-41(59)31-17-20-54(23-31)69(2,64)65)42(60)52-46-50-34(27-68-46)29-7-4-3-5-8-29/h3-14,17,20,23,27,33,35H,15-16,18-19,21-22,24-26H2,1-2H3,(H,47,57)(H,48,58)(H,49,59)(H,50,52,60)(H,51,56,61)/t33-,35?/m0/s1. The van der Waals surface area contributed by atoms with E-state index in [0.29, 0.717) is 41.6 Å². The zero-order valence-electron chi connectivity index (χ0n) is 37.3. The van der Waals surface area contributed by atoms with Crippen molar-refractivity contribution in [3.8, 4) is 17.0 Å². The van der Waals surface area contributed by atoms with Gasteiger partial charge in [0.25, 0.3) is 35.4 Å². The van der Waals surface area contributed by atoms with Gasteiger partial charge in [0.05, 0.1) is 41.9 Å². The average Bonchev–Trinajstić information content (AvgIpc) is 4.08. The molecule has 0 spiro atoms. The molecule has 2 aromatic heterocycles. The van der Waals surface area contributed by atoms with Gasteiger partial charge in [-0.2, -0.15) is 0 Å². The van der Waals surface area contributed by atoms with Crippen molar-refractivity contribution in [2.45, 2.75) is 31.5 Å². The number of imide groups is 2. The number of hydrogen-bond acceptors (Lipinski definition) is 15. The van der Waals surface area contributed by atoms with Gasteiger partial charge in [-0.15, -0.1) is 11.3 Å². The van der Waals surface area contributed by atoms with E-state index in [1.807, 2.05) is 42.3 Å². The predicted octanol–water partition coefficient (Wildman–Crippen LogP) is 1.63. The number of benzene rings is 3. The van der Waals surface area contributed by atoms with Crippen molar-refractivity contribution in [3.05, 3.63) is 124 Å². The van der Waals surface area contributed by atoms with Gasteiger partial charge in [0.15, 0.2) is 11.7 Å². The van der Waals surface area contributed by atoms with Crippen LogP contribution in [-0.4, -0.2) is 139 Å². The third-order valence-electron chi connectivity index (χ3n) is 10.9. The molecule has 0 aliphatic carbocycles. The molecule has 360 valence electrons. The largest absolute Gasteiger partial charge is 0.483 e. The number of hydrogen-bond donors (Lipinski definition) is 5. The summed E-state index contributed by atoms with van der Waals surface area (Å²) < 4.78 is 36.3. The van der Waals surface area contributed by atoms with E-state index in [1.54, 1.807) is 29.6 Å². The second-order valence-corrected chi connectivity index (χ2v) is 18.7. The fourth-order valence-corrected chi connectivity index (χ4v) is 8.52. The Balaban J connectivity index is 0.828. The fraction of sp³-hybridized carbons (Fsp3) is 0.283. The first-order valence-electron chi connectivity index (χ1n) is 21.4. The lowest BCUT2D eigenvalue weighted by molar-refractivity contribution is -0.136. The van der Waals surface area contributed by atoms with Crippen molar-refractivity contribution in [3.63, 3.8) is 0 Å². The highest BCUT2D eigenvalue weighted by Crippen LogP contribution is 2.33. The maximum absolute atomic E-state index is 13.5. The number of likely N-dealkylation sites (N-methyl/N-ethyl adjacent to an activating group) is 1. The van der Waals surface area contributed by atoms with Crippen LogP contribution in [0.5, 0.6) is 5.75 Å². The molecule has 0 saturated carbocycles. The van der Waals surface area contributed by atoms with Crippen LogP contribution in [0.25, 0.3) is 11.3 Å². The van der Waals surface area contributed by atoms with E-state index in [-0.39, 0.29) is 60.9 Å². The van der Waals surface area contributed by atoms with E-state index in [4.69, 9.17) is 9.47 Å². The highest BCUT2D eigenvalue weighted by Gasteiger charge is 2.46. The van der Waals surface area contributed by atoms with E-state index < -0.39 is 70.1 Å². The number of piperidine rings is 1. The van der Waals surface area contributed by atoms with Crippen LogP contribution < -0.4 is 31.3 Å². The summed E-state index contributed by atoms with van der Waals surface area (Å²) in [7, 11) is -1.84. The molecule has 2 atom stereocenters. The molecular formula is C46H47N9O12S2. The zero-order valence-corrected chi connectivity index (χ0v) is 38.9. The van der Waals surface area contributed by atoms with Gasteiger partial charge in [-0.05, 0) is 49.4 Å². The van der Waals surface area contributed by atoms with Crippen molar-refractivity contribution in [1.29, 1.82) is 0 Å². The van der Waals surface area contributed by atoms with Crippen LogP contribution in [-0.2, 0) is 40.5 Å². The van der Waals surface area contributed by atoms with E-state index >= 15 is 0 Å². The van der Waals surface area contributed by atoms with Gasteiger partial charge in [0, 0.05) is 61.5 Å². The Morgan fingerprint density at radius 2 is 1.64 bits per heavy atom. The van der Waals surface area contributed by atoms with E-state index in [9.17, 15) is 46.8 Å². The summed E-state index contributed by atoms with van der Waals surface area (Å²) in [5, 5.41) is 15.2. The number of ether oxygens (including phenoxy) is 2. The molecule has 69 heavy (non-hydrogen) atoms. The van der Waals surface area contributed by atoms with Gasteiger partial charge >= 0.3 is 0 Å². The summed E-state index contributed by atoms with van der Waals surface area (Å²) >= 11 is 1.21. The summed E-state index contributed by atoms with van der Waals surface area (Å²) in [6.07, 6.45) is 3.35. The number of aromatic nitrogens is 2. The van der Waals surface area contributed by atoms with Crippen LogP contribution in [0.3, 0.4) is 0 Å². The Bertz CT molecular complexity index is 2890. The van der Waals surface area contributed by atoms with Crippen molar-refractivity contribution >= 4 is 73.7 Å². The van der Waals surface area contributed by atoms with Gasteiger partial charge in [-0.1, -0.05) is 48.5 Å². The molecule has 2 aliphatic rings. The normalized spacial score (nSPS) is 15.1. The van der Waals surface area contributed by atoms with Gasteiger partial charge in [0.1, 0.15) is 17.8 Å². The Kier molecular flexibility index (Phi) is 15.7. The molecule has 23 heteroatoms. The summed E-state index contributed by atoms with van der Waals surface area (Å²) in [5.41, 5.74) is 2.56. The SMILES string of the molecule is CN(CCNC(=O)COc1cccc2c1C(=O)N(C1CCC(=O)NC1=O)C2=O)CCNC(=O)c1ccc(COC[C@H](NC(=O)c2ccn(S(C)(=O)=O)c2)C(=O)Nc2nc(-c3ccccc3)cs2)cc1. The molecule has 21 nitrogen and oxygen atoms in total. The molecule has 5 aromatic rings. The lowest BCUT2D eigenvalue weighted by Gasteiger charge is -2.27. The highest BCUT2D eigenvalue weighted by atomic mass is 32.2. The van der Waals surface area contributed by atoms with Crippen molar-refractivity contribution in [2.24, 2.45) is 0 Å². The second-order valence-electron chi connectivity index (χ2n) is 15.9. The van der Waals surface area contributed by atoms with Crippen LogP contribution in [0.4, 0.5) is 5.13 Å². The number of nitrogens with one attached hydrogen (secondary N) is 5. The Hall–Kier alpha value is -7.60. The van der Waals surface area contributed by atoms with Gasteiger partial charge in [-0.25, -0.2) is 13.4 Å². The summed E-state index contributed by atoms with van der Waals surface area (Å²) in [5.74, 6) is -4.76. The monoisotopic (exact) mass is 981 g/mol. The molecule has 2 aliphatic heterocycles. The summed E-state index contributed by atoms with van der Waals surface area (Å²) in [4.78, 5) is 110. The number of carbonyl (C=O) groups excluding carboxylic acids is 8. The van der Waals surface area contributed by atoms with Crippen LogP contribution in [0.1, 0.15) is 59.8 Å². The molecule has 3 aromatic carbocycles. The maximum Gasteiger partial charge on any atom is 0.266 e. The van der Waals surface area contributed by atoms with Crippen LogP contribution >= 0.6 is 11.3 Å². The molecule has 1 fully saturated rings. The topological polar surface area (TPSA) is 274 Å². The minimum atomic E-state index is -3.65. The van der Waals surface area contributed by atoms with E-state index in [2.05, 4.69) is 31.6 Å². The minimum absolute atomic E-state index is 0.00481. The Morgan fingerprint density at radius 3 is 2.35 bits per heavy atom. The number of anilines is 1. The molecule has 4 heterocycles. The Morgan fingerprint density at radius 1 is 0.899 bits per heavy atom. The van der Waals surface area contributed by atoms with Gasteiger partial charge in [-0.3, -0.25) is 52.5 Å². The summed E-state index contributed by atoms with van der Waals surface area (Å²) in [6, 6.07) is 19.3. The zero-order chi connectivity index (χ0) is 49.2. The molecule has 7 rings (SSSR count). The second kappa shape index (κ2) is 22.0. The predicted molar refractivity (Wildman–Crippen MR) is 250 cm³/mol. The quantitative estimate of drug-likeness (QED) is 0.0655. The lowest BCUT2D eigenvalue weighted by atomic mass is 10.0. The third kappa shape index (κ3) is 12.5. The molecule has 5 N–H and O–H groups in total. The number of nitrogens with zero attached hydrogens (tertiary/aromatic N) is 4. The van der Waals surface area contributed by atoms with Crippen molar-refractivity contribution in [1.82, 2.24) is 40.0 Å². The van der Waals surface area contributed by atoms with Crippen molar-refractivity contribution < 1.29 is 56.2 Å². The van der Waals surface area contributed by atoms with Crippen LogP contribution in [0.15, 0.2) is 96.6 Å². The molecule has 1 unspecified atom stereocenters. The average molecular weight is 982 g/mol. The molecular weight excluding hydrogens is 935 g/mol. The van der Waals surface area contributed by atoms with E-state index in [0.717, 1.165) is 26.9 Å². The third-order valence-corrected chi connectivity index (χ3v) is 12.6. The number of carbonyl (C=O) groups is 8. The number of rotatable bonds is 21. The van der Waals surface area contributed by atoms with Crippen LogP contribution in [0, 0.1) is 0 Å². The smallest absolute Gasteiger partial charge is 0.266 e. The number of fused-ring (bicyclic) bond motifs is 1. The fourth-order valence-electron chi connectivity index (χ4n) is 7.21.